The Hall–Kier alpha value is -2.16. The summed E-state index contributed by atoms with van der Waals surface area (Å²) in [4.78, 5) is 0. The van der Waals surface area contributed by atoms with Gasteiger partial charge in [-0.1, -0.05) is 12.1 Å². The molecule has 3 nitrogen and oxygen atoms in total. The average Bonchev–Trinajstić information content (AvgIpc) is 2.38. The third-order valence-electron chi connectivity index (χ3n) is 2.95. The van der Waals surface area contributed by atoms with Crippen molar-refractivity contribution in [3.05, 3.63) is 42.0 Å². The van der Waals surface area contributed by atoms with Crippen molar-refractivity contribution in [2.75, 3.05) is 20.0 Å². The van der Waals surface area contributed by atoms with E-state index in [0.29, 0.717) is 0 Å². The fraction of sp³-hybridized carbons (Fsp3) is 0.200. The lowest BCUT2D eigenvalue weighted by Crippen LogP contribution is -1.92. The Morgan fingerprint density at radius 3 is 2.22 bits per heavy atom. The molecule has 2 aromatic rings. The third kappa shape index (κ3) is 2.25. The van der Waals surface area contributed by atoms with Crippen LogP contribution in [0.2, 0.25) is 0 Å². The molecule has 2 rings (SSSR count). The van der Waals surface area contributed by atoms with Crippen molar-refractivity contribution in [1.82, 2.24) is 0 Å². The van der Waals surface area contributed by atoms with Crippen LogP contribution in [0.25, 0.3) is 11.1 Å². The van der Waals surface area contributed by atoms with Crippen LogP contribution in [0, 0.1) is 6.92 Å². The largest absolute Gasteiger partial charge is 0.493 e. The monoisotopic (exact) mass is 243 g/mol. The standard InChI is InChI=1S/C15H17NO2/c1-10-8-12(16)5-6-13(10)11-4-7-14(17-2)15(9-11)18-3/h4-9H,16H2,1-3H3. The molecule has 0 fully saturated rings. The van der Waals surface area contributed by atoms with E-state index in [-0.39, 0.29) is 0 Å². The number of aryl methyl sites for hydroxylation is 1. The minimum atomic E-state index is 0.728. The van der Waals surface area contributed by atoms with Gasteiger partial charge in [0.25, 0.3) is 0 Å². The summed E-state index contributed by atoms with van der Waals surface area (Å²) in [6, 6.07) is 11.8. The van der Waals surface area contributed by atoms with E-state index < -0.39 is 0 Å². The van der Waals surface area contributed by atoms with Crippen LogP contribution in [0.4, 0.5) is 5.69 Å². The molecule has 0 unspecified atom stereocenters. The molecule has 0 saturated carbocycles. The zero-order valence-corrected chi connectivity index (χ0v) is 10.9. The van der Waals surface area contributed by atoms with Crippen molar-refractivity contribution in [1.29, 1.82) is 0 Å². The fourth-order valence-electron chi connectivity index (χ4n) is 2.01. The Balaban J connectivity index is 2.51. The van der Waals surface area contributed by atoms with E-state index in [9.17, 15) is 0 Å². The first-order valence-corrected chi connectivity index (χ1v) is 5.74. The van der Waals surface area contributed by atoms with Crippen LogP contribution in [-0.2, 0) is 0 Å². The van der Waals surface area contributed by atoms with E-state index in [0.717, 1.165) is 33.9 Å². The second-order valence-electron chi connectivity index (χ2n) is 4.14. The van der Waals surface area contributed by atoms with E-state index in [4.69, 9.17) is 15.2 Å². The SMILES string of the molecule is COc1ccc(-c2ccc(N)cc2C)cc1OC. The highest BCUT2D eigenvalue weighted by molar-refractivity contribution is 5.72. The Labute approximate surface area is 107 Å². The summed E-state index contributed by atoms with van der Waals surface area (Å²) in [5.74, 6) is 1.46. The van der Waals surface area contributed by atoms with Gasteiger partial charge in [0.05, 0.1) is 14.2 Å². The summed E-state index contributed by atoms with van der Waals surface area (Å²) in [5.41, 5.74) is 9.91. The van der Waals surface area contributed by atoms with E-state index in [1.165, 1.54) is 0 Å². The van der Waals surface area contributed by atoms with Crippen molar-refractivity contribution in [2.24, 2.45) is 0 Å². The molecule has 0 spiro atoms. The van der Waals surface area contributed by atoms with Crippen LogP contribution < -0.4 is 15.2 Å². The maximum Gasteiger partial charge on any atom is 0.161 e. The highest BCUT2D eigenvalue weighted by Gasteiger charge is 2.07. The quantitative estimate of drug-likeness (QED) is 0.841. The number of methoxy groups -OCH3 is 2. The van der Waals surface area contributed by atoms with Gasteiger partial charge in [-0.3, -0.25) is 0 Å². The first kappa shape index (κ1) is 12.3. The van der Waals surface area contributed by atoms with Gasteiger partial charge in [-0.25, -0.2) is 0 Å². The lowest BCUT2D eigenvalue weighted by atomic mass is 9.99. The van der Waals surface area contributed by atoms with Crippen molar-refractivity contribution in [2.45, 2.75) is 6.92 Å². The summed E-state index contributed by atoms with van der Waals surface area (Å²) in [6.07, 6.45) is 0. The molecule has 0 aliphatic heterocycles. The van der Waals surface area contributed by atoms with E-state index >= 15 is 0 Å². The first-order chi connectivity index (χ1) is 8.65. The van der Waals surface area contributed by atoms with Crippen molar-refractivity contribution in [3.8, 4) is 22.6 Å². The molecule has 0 heterocycles. The summed E-state index contributed by atoms with van der Waals surface area (Å²) in [6.45, 7) is 2.04. The Morgan fingerprint density at radius 1 is 0.889 bits per heavy atom. The van der Waals surface area contributed by atoms with Crippen molar-refractivity contribution >= 4 is 5.69 Å². The van der Waals surface area contributed by atoms with Gasteiger partial charge in [0.2, 0.25) is 0 Å². The number of nitrogen functional groups attached to an aromatic ring is 1. The smallest absolute Gasteiger partial charge is 0.161 e. The third-order valence-corrected chi connectivity index (χ3v) is 2.95. The molecule has 2 aromatic carbocycles. The second-order valence-corrected chi connectivity index (χ2v) is 4.14. The summed E-state index contributed by atoms with van der Waals surface area (Å²) >= 11 is 0. The van der Waals surface area contributed by atoms with Gasteiger partial charge >= 0.3 is 0 Å². The predicted octanol–water partition coefficient (Wildman–Crippen LogP) is 3.26. The minimum Gasteiger partial charge on any atom is -0.493 e. The molecule has 0 bridgehead atoms. The zero-order valence-electron chi connectivity index (χ0n) is 10.9. The molecule has 0 radical (unpaired) electrons. The normalized spacial score (nSPS) is 10.2. The van der Waals surface area contributed by atoms with Crippen molar-refractivity contribution < 1.29 is 9.47 Å². The Kier molecular flexibility index (Phi) is 3.42. The number of anilines is 1. The maximum atomic E-state index is 5.76. The van der Waals surface area contributed by atoms with Crippen LogP contribution in [0.5, 0.6) is 11.5 Å². The molecule has 3 heteroatoms. The molecule has 2 N–H and O–H groups in total. The molecule has 94 valence electrons. The molecule has 0 aliphatic carbocycles. The molecule has 0 amide bonds. The topological polar surface area (TPSA) is 44.5 Å². The van der Waals surface area contributed by atoms with Gasteiger partial charge in [0, 0.05) is 5.69 Å². The highest BCUT2D eigenvalue weighted by Crippen LogP contribution is 2.33. The molecule has 18 heavy (non-hydrogen) atoms. The van der Waals surface area contributed by atoms with Gasteiger partial charge in [-0.2, -0.15) is 0 Å². The number of rotatable bonds is 3. The number of hydrogen-bond acceptors (Lipinski definition) is 3. The van der Waals surface area contributed by atoms with Crippen LogP contribution in [0.15, 0.2) is 36.4 Å². The molecule has 0 aliphatic rings. The van der Waals surface area contributed by atoms with E-state index in [1.54, 1.807) is 14.2 Å². The van der Waals surface area contributed by atoms with Crippen LogP contribution >= 0.6 is 0 Å². The van der Waals surface area contributed by atoms with Crippen LogP contribution in [0.3, 0.4) is 0 Å². The second kappa shape index (κ2) is 5.00. The van der Waals surface area contributed by atoms with Crippen LogP contribution in [0.1, 0.15) is 5.56 Å². The molecule has 0 atom stereocenters. The maximum absolute atomic E-state index is 5.76. The zero-order chi connectivity index (χ0) is 13.1. The van der Waals surface area contributed by atoms with E-state index in [1.807, 2.05) is 43.3 Å². The van der Waals surface area contributed by atoms with Gasteiger partial charge in [-0.05, 0) is 47.9 Å². The molecular weight excluding hydrogens is 226 g/mol. The predicted molar refractivity (Wildman–Crippen MR) is 74.1 cm³/mol. The molecule has 0 saturated heterocycles. The van der Waals surface area contributed by atoms with Crippen LogP contribution in [-0.4, -0.2) is 14.2 Å². The Bertz CT molecular complexity index is 564. The summed E-state index contributed by atoms with van der Waals surface area (Å²) in [5, 5.41) is 0. The van der Waals surface area contributed by atoms with Gasteiger partial charge in [0.1, 0.15) is 0 Å². The molecular formula is C15H17NO2. The average molecular weight is 243 g/mol. The van der Waals surface area contributed by atoms with Crippen molar-refractivity contribution in [3.63, 3.8) is 0 Å². The number of benzene rings is 2. The number of hydrogen-bond donors (Lipinski definition) is 1. The lowest BCUT2D eigenvalue weighted by molar-refractivity contribution is 0.355. The summed E-state index contributed by atoms with van der Waals surface area (Å²) in [7, 11) is 3.27. The number of nitrogens with two attached hydrogens (primary N) is 1. The van der Waals surface area contributed by atoms with Gasteiger partial charge in [0.15, 0.2) is 11.5 Å². The number of ether oxygens (including phenoxy) is 2. The Morgan fingerprint density at radius 2 is 1.61 bits per heavy atom. The fourth-order valence-corrected chi connectivity index (χ4v) is 2.01. The summed E-state index contributed by atoms with van der Waals surface area (Å²) < 4.78 is 10.5. The lowest BCUT2D eigenvalue weighted by Gasteiger charge is -2.11. The van der Waals surface area contributed by atoms with Gasteiger partial charge in [-0.15, -0.1) is 0 Å². The minimum absolute atomic E-state index is 0.728. The first-order valence-electron chi connectivity index (χ1n) is 5.74. The highest BCUT2D eigenvalue weighted by atomic mass is 16.5. The molecule has 0 aromatic heterocycles. The van der Waals surface area contributed by atoms with Gasteiger partial charge < -0.3 is 15.2 Å². The van der Waals surface area contributed by atoms with E-state index in [2.05, 4.69) is 0 Å².